The molecule has 4 aromatic carbocycles. The average Bonchev–Trinajstić information content (AvgIpc) is 3.01. The maximum Gasteiger partial charge on any atom is 0.135 e. The van der Waals surface area contributed by atoms with E-state index in [1.54, 1.807) is 12.1 Å². The Hall–Kier alpha value is -5.10. The minimum atomic E-state index is -0.869. The van der Waals surface area contributed by atoms with Gasteiger partial charge in [0.15, 0.2) is 0 Å². The van der Waals surface area contributed by atoms with Crippen molar-refractivity contribution in [3.63, 3.8) is 0 Å². The molecule has 6 heteroatoms. The molecule has 2 nitrogen and oxygen atoms in total. The summed E-state index contributed by atoms with van der Waals surface area (Å²) in [5, 5.41) is 0. The van der Waals surface area contributed by atoms with Crippen LogP contribution in [0.5, 0.6) is 0 Å². The summed E-state index contributed by atoms with van der Waals surface area (Å²) in [7, 11) is 0. The van der Waals surface area contributed by atoms with Gasteiger partial charge in [-0.15, -0.1) is 0 Å². The van der Waals surface area contributed by atoms with Crippen LogP contribution in [0.2, 0.25) is 0 Å². The standard InChI is InChI=1S/C37H26F4N2/c1-37(2,35-19-25(23-9-5-3-6-10-23)17-33(42-35)29-15-13-27(38)21-31(29)40)36-20-26(24-11-7-4-8-12-24)18-34(43-36)30-16-14-28(39)22-32(30)41/h3-22H,1-2H3. The molecular weight excluding hydrogens is 548 g/mol. The zero-order valence-corrected chi connectivity index (χ0v) is 23.5. The van der Waals surface area contributed by atoms with Crippen LogP contribution in [-0.4, -0.2) is 9.97 Å². The van der Waals surface area contributed by atoms with Crippen molar-refractivity contribution in [3.8, 4) is 44.8 Å². The second-order valence-electron chi connectivity index (χ2n) is 10.9. The van der Waals surface area contributed by atoms with Crippen molar-refractivity contribution >= 4 is 0 Å². The number of rotatable bonds is 6. The van der Waals surface area contributed by atoms with Crippen LogP contribution in [0.15, 0.2) is 121 Å². The lowest BCUT2D eigenvalue weighted by Crippen LogP contribution is -2.23. The van der Waals surface area contributed by atoms with E-state index in [0.717, 1.165) is 34.4 Å². The molecule has 0 aliphatic carbocycles. The summed E-state index contributed by atoms with van der Waals surface area (Å²) in [6, 6.07) is 33.5. The lowest BCUT2D eigenvalue weighted by molar-refractivity contribution is 0.582. The number of halogens is 4. The van der Waals surface area contributed by atoms with Crippen LogP contribution < -0.4 is 0 Å². The summed E-state index contributed by atoms with van der Waals surface area (Å²) in [5.74, 6) is -2.80. The van der Waals surface area contributed by atoms with E-state index in [1.807, 2.05) is 86.6 Å². The van der Waals surface area contributed by atoms with Gasteiger partial charge in [0.05, 0.1) is 22.8 Å². The van der Waals surface area contributed by atoms with Gasteiger partial charge < -0.3 is 0 Å². The van der Waals surface area contributed by atoms with Gasteiger partial charge in [-0.2, -0.15) is 0 Å². The summed E-state index contributed by atoms with van der Waals surface area (Å²) < 4.78 is 57.6. The third-order valence-corrected chi connectivity index (χ3v) is 7.56. The summed E-state index contributed by atoms with van der Waals surface area (Å²) in [4.78, 5) is 9.75. The molecule has 0 atom stereocenters. The van der Waals surface area contributed by atoms with Crippen LogP contribution in [0.3, 0.4) is 0 Å². The predicted molar refractivity (Wildman–Crippen MR) is 162 cm³/mol. The summed E-state index contributed by atoms with van der Waals surface area (Å²) >= 11 is 0. The normalized spacial score (nSPS) is 11.5. The van der Waals surface area contributed by atoms with Gasteiger partial charge in [-0.25, -0.2) is 17.6 Å². The van der Waals surface area contributed by atoms with Crippen molar-refractivity contribution in [2.45, 2.75) is 19.3 Å². The van der Waals surface area contributed by atoms with Gasteiger partial charge >= 0.3 is 0 Å². The first-order chi connectivity index (χ1) is 20.7. The molecule has 0 fully saturated rings. The topological polar surface area (TPSA) is 25.8 Å². The van der Waals surface area contributed by atoms with Gasteiger partial charge in [0, 0.05) is 28.7 Å². The third kappa shape index (κ3) is 5.69. The molecule has 2 heterocycles. The van der Waals surface area contributed by atoms with Crippen molar-refractivity contribution in [1.82, 2.24) is 9.97 Å². The second kappa shape index (κ2) is 11.3. The van der Waals surface area contributed by atoms with Crippen LogP contribution in [-0.2, 0) is 5.41 Å². The van der Waals surface area contributed by atoms with Crippen molar-refractivity contribution in [2.24, 2.45) is 0 Å². The van der Waals surface area contributed by atoms with E-state index < -0.39 is 28.7 Å². The van der Waals surface area contributed by atoms with Crippen molar-refractivity contribution in [1.29, 1.82) is 0 Å². The lowest BCUT2D eigenvalue weighted by atomic mass is 9.82. The highest BCUT2D eigenvalue weighted by Gasteiger charge is 2.30. The van der Waals surface area contributed by atoms with E-state index >= 15 is 8.78 Å². The zero-order valence-electron chi connectivity index (χ0n) is 23.5. The smallest absolute Gasteiger partial charge is 0.135 e. The van der Waals surface area contributed by atoms with E-state index in [1.165, 1.54) is 24.3 Å². The molecule has 2 aromatic heterocycles. The van der Waals surface area contributed by atoms with Gasteiger partial charge in [0.1, 0.15) is 23.3 Å². The minimum Gasteiger partial charge on any atom is -0.252 e. The SMILES string of the molecule is CC(C)(c1cc(-c2ccccc2)cc(-c2ccc(F)cc2F)n1)c1cc(-c2ccccc2)cc(-c2ccc(F)cc2F)n1. The van der Waals surface area contributed by atoms with E-state index in [-0.39, 0.29) is 11.1 Å². The highest BCUT2D eigenvalue weighted by atomic mass is 19.1. The molecule has 6 aromatic rings. The van der Waals surface area contributed by atoms with Gasteiger partial charge in [-0.05, 0) is 84.6 Å². The molecule has 0 radical (unpaired) electrons. The Kier molecular flexibility index (Phi) is 7.36. The number of hydrogen-bond donors (Lipinski definition) is 0. The average molecular weight is 575 g/mol. The van der Waals surface area contributed by atoms with Crippen molar-refractivity contribution < 1.29 is 17.6 Å². The van der Waals surface area contributed by atoms with Crippen molar-refractivity contribution in [2.75, 3.05) is 0 Å². The van der Waals surface area contributed by atoms with Gasteiger partial charge in [0.25, 0.3) is 0 Å². The summed E-state index contributed by atoms with van der Waals surface area (Å²) in [5.41, 5.74) is 4.67. The van der Waals surface area contributed by atoms with Crippen LogP contribution >= 0.6 is 0 Å². The molecule has 0 aliphatic heterocycles. The molecule has 0 saturated heterocycles. The van der Waals surface area contributed by atoms with E-state index in [9.17, 15) is 8.78 Å². The molecule has 43 heavy (non-hydrogen) atoms. The van der Waals surface area contributed by atoms with E-state index in [0.29, 0.717) is 22.8 Å². The van der Waals surface area contributed by atoms with Crippen LogP contribution in [0.1, 0.15) is 25.2 Å². The number of aromatic nitrogens is 2. The Balaban J connectivity index is 1.58. The molecule has 0 bridgehead atoms. The maximum absolute atomic E-state index is 15.0. The Labute approximate surface area is 247 Å². The quantitative estimate of drug-likeness (QED) is 0.185. The third-order valence-electron chi connectivity index (χ3n) is 7.56. The first kappa shape index (κ1) is 28.0. The minimum absolute atomic E-state index is 0.163. The monoisotopic (exact) mass is 574 g/mol. The fourth-order valence-corrected chi connectivity index (χ4v) is 5.10. The van der Waals surface area contributed by atoms with Crippen molar-refractivity contribution in [3.05, 3.63) is 156 Å². The Morgan fingerprint density at radius 2 is 0.837 bits per heavy atom. The fourth-order valence-electron chi connectivity index (χ4n) is 5.10. The predicted octanol–water partition coefficient (Wildman–Crippen LogP) is 10.0. The van der Waals surface area contributed by atoms with Crippen LogP contribution in [0, 0.1) is 23.3 Å². The fraction of sp³-hybridized carbons (Fsp3) is 0.0811. The summed E-state index contributed by atoms with van der Waals surface area (Å²) in [6.07, 6.45) is 0. The highest BCUT2D eigenvalue weighted by Crippen LogP contribution is 2.38. The van der Waals surface area contributed by atoms with E-state index in [4.69, 9.17) is 9.97 Å². The maximum atomic E-state index is 15.0. The lowest BCUT2D eigenvalue weighted by Gasteiger charge is -2.27. The molecular formula is C37H26F4N2. The van der Waals surface area contributed by atoms with E-state index in [2.05, 4.69) is 0 Å². The molecule has 0 N–H and O–H groups in total. The number of benzene rings is 4. The van der Waals surface area contributed by atoms with Gasteiger partial charge in [-0.1, -0.05) is 60.7 Å². The number of pyridine rings is 2. The molecule has 0 unspecified atom stereocenters. The molecule has 6 rings (SSSR count). The molecule has 0 amide bonds. The Bertz CT molecular complexity index is 1800. The molecule has 0 aliphatic rings. The van der Waals surface area contributed by atoms with Gasteiger partial charge in [-0.3, -0.25) is 9.97 Å². The largest absolute Gasteiger partial charge is 0.252 e. The molecule has 212 valence electrons. The first-order valence-corrected chi connectivity index (χ1v) is 13.8. The molecule has 0 saturated carbocycles. The van der Waals surface area contributed by atoms with Crippen LogP contribution in [0.25, 0.3) is 44.8 Å². The van der Waals surface area contributed by atoms with Gasteiger partial charge in [0.2, 0.25) is 0 Å². The highest BCUT2D eigenvalue weighted by molar-refractivity contribution is 5.74. The second-order valence-corrected chi connectivity index (χ2v) is 10.9. The van der Waals surface area contributed by atoms with Crippen LogP contribution in [0.4, 0.5) is 17.6 Å². The Morgan fingerprint density at radius 1 is 0.442 bits per heavy atom. The number of hydrogen-bond acceptors (Lipinski definition) is 2. The first-order valence-electron chi connectivity index (χ1n) is 13.8. The zero-order chi connectivity index (χ0) is 30.1. The molecule has 0 spiro atoms. The Morgan fingerprint density at radius 3 is 1.21 bits per heavy atom. The number of nitrogens with zero attached hydrogens (tertiary/aromatic N) is 2. The summed E-state index contributed by atoms with van der Waals surface area (Å²) in [6.45, 7) is 3.88.